The maximum atomic E-state index is 4.32. The molecule has 0 saturated carbocycles. The maximum Gasteiger partial charge on any atom is 0.108 e. The zero-order valence-corrected chi connectivity index (χ0v) is 6.79. The Bertz CT molecular complexity index is 188. The molecule has 0 N–H and O–H groups in total. The molecule has 1 fully saturated rings. The summed E-state index contributed by atoms with van der Waals surface area (Å²) < 4.78 is 0. The fourth-order valence-electron chi connectivity index (χ4n) is 1.71. The van der Waals surface area contributed by atoms with E-state index in [2.05, 4.69) is 16.0 Å². The van der Waals surface area contributed by atoms with E-state index in [-0.39, 0.29) is 0 Å². The molecule has 2 aliphatic heterocycles. The summed E-state index contributed by atoms with van der Waals surface area (Å²) in [6, 6.07) is 0. The van der Waals surface area contributed by atoms with Crippen LogP contribution in [0, 0.1) is 0 Å². The normalized spacial score (nSPS) is 24.0. The topological polar surface area (TPSA) is 15.6 Å². The number of likely N-dealkylation sites (tertiary alicyclic amines) is 1. The highest BCUT2D eigenvalue weighted by atomic mass is 15.2. The Kier molecular flexibility index (Phi) is 1.93. The first-order valence-electron chi connectivity index (χ1n) is 4.43. The Morgan fingerprint density at radius 2 is 2.00 bits per heavy atom. The predicted molar refractivity (Wildman–Crippen MR) is 46.6 cm³/mol. The van der Waals surface area contributed by atoms with E-state index >= 15 is 0 Å². The van der Waals surface area contributed by atoms with Crippen LogP contribution in [-0.2, 0) is 0 Å². The number of amidine groups is 1. The molecular weight excluding hydrogens is 136 g/mol. The molecule has 2 rings (SSSR count). The Hall–Kier alpha value is -0.790. The highest BCUT2D eigenvalue weighted by molar-refractivity contribution is 5.86. The molecule has 0 aromatic heterocycles. The highest BCUT2D eigenvalue weighted by Gasteiger charge is 2.14. The van der Waals surface area contributed by atoms with Gasteiger partial charge in [-0.25, -0.2) is 4.99 Å². The average Bonchev–Trinajstić information content (AvgIpc) is 2.58. The van der Waals surface area contributed by atoms with Crippen LogP contribution in [0.5, 0.6) is 0 Å². The molecule has 0 radical (unpaired) electrons. The molecule has 1 saturated heterocycles. The third kappa shape index (κ3) is 1.44. The Morgan fingerprint density at radius 1 is 1.18 bits per heavy atom. The van der Waals surface area contributed by atoms with Crippen molar-refractivity contribution in [2.45, 2.75) is 25.7 Å². The second-order valence-corrected chi connectivity index (χ2v) is 3.18. The van der Waals surface area contributed by atoms with E-state index in [4.69, 9.17) is 0 Å². The van der Waals surface area contributed by atoms with E-state index in [0.29, 0.717) is 0 Å². The lowest BCUT2D eigenvalue weighted by molar-refractivity contribution is 0.339. The van der Waals surface area contributed by atoms with Gasteiger partial charge in [0, 0.05) is 25.7 Å². The number of hydrogen-bond acceptors (Lipinski definition) is 2. The third-order valence-corrected chi connectivity index (χ3v) is 2.35. The molecule has 0 bridgehead atoms. The molecule has 60 valence electrons. The van der Waals surface area contributed by atoms with Crippen LogP contribution < -0.4 is 0 Å². The van der Waals surface area contributed by atoms with Gasteiger partial charge in [-0.1, -0.05) is 6.08 Å². The molecule has 2 heteroatoms. The van der Waals surface area contributed by atoms with Gasteiger partial charge in [0.15, 0.2) is 0 Å². The molecular formula is C9H14N2. The largest absolute Gasteiger partial charge is 0.360 e. The van der Waals surface area contributed by atoms with Gasteiger partial charge in [-0.3, -0.25) is 0 Å². The van der Waals surface area contributed by atoms with E-state index < -0.39 is 0 Å². The second kappa shape index (κ2) is 3.07. The minimum Gasteiger partial charge on any atom is -0.360 e. The van der Waals surface area contributed by atoms with Crippen LogP contribution in [0.4, 0.5) is 0 Å². The van der Waals surface area contributed by atoms with Crippen LogP contribution in [-0.4, -0.2) is 23.8 Å². The van der Waals surface area contributed by atoms with E-state index in [1.54, 1.807) is 0 Å². The van der Waals surface area contributed by atoms with Crippen molar-refractivity contribution < 1.29 is 0 Å². The van der Waals surface area contributed by atoms with Gasteiger partial charge in [0.05, 0.1) is 0 Å². The molecule has 0 aliphatic carbocycles. The first kappa shape index (κ1) is 6.89. The lowest BCUT2D eigenvalue weighted by Crippen LogP contribution is -2.34. The molecule has 2 nitrogen and oxygen atoms in total. The molecule has 2 aliphatic rings. The van der Waals surface area contributed by atoms with Crippen molar-refractivity contribution in [2.75, 3.05) is 13.1 Å². The fourth-order valence-corrected chi connectivity index (χ4v) is 1.71. The molecule has 0 spiro atoms. The highest BCUT2D eigenvalue weighted by Crippen LogP contribution is 2.13. The molecule has 0 aromatic carbocycles. The quantitative estimate of drug-likeness (QED) is 0.514. The van der Waals surface area contributed by atoms with Gasteiger partial charge in [0.1, 0.15) is 5.84 Å². The number of rotatable bonds is 0. The van der Waals surface area contributed by atoms with Crippen molar-refractivity contribution in [1.29, 1.82) is 0 Å². The van der Waals surface area contributed by atoms with Crippen molar-refractivity contribution in [1.82, 2.24) is 4.90 Å². The van der Waals surface area contributed by atoms with Crippen molar-refractivity contribution >= 4 is 5.84 Å². The Balaban J connectivity index is 1.93. The summed E-state index contributed by atoms with van der Waals surface area (Å²) in [6.45, 7) is 2.45. The molecule has 0 unspecified atom stereocenters. The van der Waals surface area contributed by atoms with Gasteiger partial charge < -0.3 is 4.90 Å². The molecule has 0 amide bonds. The zero-order valence-electron chi connectivity index (χ0n) is 6.79. The summed E-state index contributed by atoms with van der Waals surface area (Å²) in [5.74, 6) is 1.28. The summed E-state index contributed by atoms with van der Waals surface area (Å²) in [5.41, 5.74) is 0. The average molecular weight is 150 g/mol. The number of hydrogen-bond donors (Lipinski definition) is 0. The summed E-state index contributed by atoms with van der Waals surface area (Å²) in [7, 11) is 0. The van der Waals surface area contributed by atoms with Crippen LogP contribution in [0.15, 0.2) is 17.3 Å². The fraction of sp³-hybridized carbons (Fsp3) is 0.667. The second-order valence-electron chi connectivity index (χ2n) is 3.18. The number of piperidine rings is 1. The van der Waals surface area contributed by atoms with Crippen LogP contribution in [0.1, 0.15) is 25.7 Å². The van der Waals surface area contributed by atoms with Crippen molar-refractivity contribution in [3.8, 4) is 0 Å². The molecule has 11 heavy (non-hydrogen) atoms. The van der Waals surface area contributed by atoms with Crippen LogP contribution in [0.2, 0.25) is 0 Å². The van der Waals surface area contributed by atoms with Crippen LogP contribution in [0.25, 0.3) is 0 Å². The maximum absolute atomic E-state index is 4.32. The summed E-state index contributed by atoms with van der Waals surface area (Å²) in [5, 5.41) is 0. The first-order chi connectivity index (χ1) is 5.47. The Morgan fingerprint density at radius 3 is 2.64 bits per heavy atom. The molecule has 0 atom stereocenters. The molecule has 2 heterocycles. The minimum atomic E-state index is 1.06. The van der Waals surface area contributed by atoms with Crippen molar-refractivity contribution in [3.05, 3.63) is 12.3 Å². The minimum absolute atomic E-state index is 1.06. The third-order valence-electron chi connectivity index (χ3n) is 2.35. The van der Waals surface area contributed by atoms with E-state index in [1.807, 2.05) is 6.20 Å². The van der Waals surface area contributed by atoms with Crippen LogP contribution in [0.3, 0.4) is 0 Å². The standard InChI is InChI=1S/C9H14N2/c1-2-7-11(8-3-1)9-5-4-6-10-9/h4,6H,1-3,5,7-8H2. The van der Waals surface area contributed by atoms with Crippen LogP contribution >= 0.6 is 0 Å². The lowest BCUT2D eigenvalue weighted by Gasteiger charge is -2.28. The molecule has 0 aromatic rings. The van der Waals surface area contributed by atoms with Gasteiger partial charge in [0.25, 0.3) is 0 Å². The lowest BCUT2D eigenvalue weighted by atomic mass is 10.1. The first-order valence-corrected chi connectivity index (χ1v) is 4.43. The zero-order chi connectivity index (χ0) is 7.52. The van der Waals surface area contributed by atoms with Gasteiger partial charge in [-0.2, -0.15) is 0 Å². The van der Waals surface area contributed by atoms with Crippen molar-refractivity contribution in [3.63, 3.8) is 0 Å². The van der Waals surface area contributed by atoms with Gasteiger partial charge in [-0.15, -0.1) is 0 Å². The van der Waals surface area contributed by atoms with Gasteiger partial charge in [-0.05, 0) is 19.3 Å². The Labute approximate surface area is 67.6 Å². The smallest absolute Gasteiger partial charge is 0.108 e. The summed E-state index contributed by atoms with van der Waals surface area (Å²) >= 11 is 0. The monoisotopic (exact) mass is 150 g/mol. The predicted octanol–water partition coefficient (Wildman–Crippen LogP) is 1.79. The summed E-state index contributed by atoms with van der Waals surface area (Å²) in [6.07, 6.45) is 9.20. The van der Waals surface area contributed by atoms with E-state index in [0.717, 1.165) is 6.42 Å². The van der Waals surface area contributed by atoms with E-state index in [1.165, 1.54) is 38.2 Å². The summed E-state index contributed by atoms with van der Waals surface area (Å²) in [4.78, 5) is 6.74. The van der Waals surface area contributed by atoms with Gasteiger partial charge in [0.2, 0.25) is 0 Å². The SMILES string of the molecule is C1=CN=C(N2CCCCC2)C1. The van der Waals surface area contributed by atoms with E-state index in [9.17, 15) is 0 Å². The van der Waals surface area contributed by atoms with Gasteiger partial charge >= 0.3 is 0 Å². The number of nitrogens with zero attached hydrogens (tertiary/aromatic N) is 2. The number of aliphatic imine (C=N–C) groups is 1. The van der Waals surface area contributed by atoms with Crippen molar-refractivity contribution in [2.24, 2.45) is 4.99 Å².